The van der Waals surface area contributed by atoms with Crippen LogP contribution in [-0.4, -0.2) is 24.9 Å². The summed E-state index contributed by atoms with van der Waals surface area (Å²) < 4.78 is 0. The van der Waals surface area contributed by atoms with E-state index in [1.807, 2.05) is 30.3 Å². The summed E-state index contributed by atoms with van der Waals surface area (Å²) in [6.45, 7) is 3.21. The maximum Gasteiger partial charge on any atom is 0.191 e. The normalized spacial score (nSPS) is 10.6. The van der Waals surface area contributed by atoms with Crippen LogP contribution in [0, 0.1) is 0 Å². The highest BCUT2D eigenvalue weighted by Crippen LogP contribution is 2.15. The van der Waals surface area contributed by atoms with Crippen LogP contribution < -0.4 is 15.6 Å². The third-order valence-electron chi connectivity index (χ3n) is 3.36. The molecule has 2 aromatic rings. The lowest BCUT2D eigenvalue weighted by molar-refractivity contribution is 0.852. The molecule has 6 heteroatoms. The fraction of sp³-hybridized carbons (Fsp3) is 0.222. The van der Waals surface area contributed by atoms with Gasteiger partial charge in [0.1, 0.15) is 0 Å². The molecule has 0 fully saturated rings. The molecule has 0 unspecified atom stereocenters. The van der Waals surface area contributed by atoms with Crippen molar-refractivity contribution >= 4 is 46.5 Å². The molecule has 0 atom stereocenters. The Hall–Kier alpha value is -2.11. The first-order chi connectivity index (χ1) is 11.6. The second-order valence-corrected chi connectivity index (χ2v) is 6.19. The van der Waals surface area contributed by atoms with Crippen LogP contribution in [0.5, 0.6) is 0 Å². The van der Waals surface area contributed by atoms with E-state index >= 15 is 0 Å². The molecule has 0 heterocycles. The summed E-state index contributed by atoms with van der Waals surface area (Å²) in [6.07, 6.45) is 2.86. The molecular formula is C18H21ClN4S. The van der Waals surface area contributed by atoms with Gasteiger partial charge in [-0.3, -0.25) is 5.43 Å². The predicted octanol–water partition coefficient (Wildman–Crippen LogP) is 4.51. The number of anilines is 2. The van der Waals surface area contributed by atoms with Gasteiger partial charge < -0.3 is 10.2 Å². The summed E-state index contributed by atoms with van der Waals surface area (Å²) in [6, 6.07) is 15.6. The van der Waals surface area contributed by atoms with Gasteiger partial charge in [0.15, 0.2) is 5.11 Å². The Balaban J connectivity index is 1.86. The highest BCUT2D eigenvalue weighted by atomic mass is 35.5. The van der Waals surface area contributed by atoms with Crippen LogP contribution in [0.25, 0.3) is 0 Å². The fourth-order valence-corrected chi connectivity index (χ4v) is 2.53. The molecule has 0 aliphatic heterocycles. The highest BCUT2D eigenvalue weighted by Gasteiger charge is 1.99. The van der Waals surface area contributed by atoms with Gasteiger partial charge in [0, 0.05) is 30.0 Å². The van der Waals surface area contributed by atoms with E-state index in [2.05, 4.69) is 46.8 Å². The minimum absolute atomic E-state index is 0.410. The summed E-state index contributed by atoms with van der Waals surface area (Å²) in [5.41, 5.74) is 5.81. The van der Waals surface area contributed by atoms with Crippen molar-refractivity contribution in [1.29, 1.82) is 0 Å². The van der Waals surface area contributed by atoms with Gasteiger partial charge in [0.05, 0.1) is 6.21 Å². The van der Waals surface area contributed by atoms with Gasteiger partial charge in [-0.1, -0.05) is 36.7 Å². The van der Waals surface area contributed by atoms with Crippen molar-refractivity contribution in [1.82, 2.24) is 5.43 Å². The smallest absolute Gasteiger partial charge is 0.191 e. The molecule has 126 valence electrons. The number of thiocarbonyl (C=S) groups is 1. The average molecular weight is 361 g/mol. The fourth-order valence-electron chi connectivity index (χ4n) is 2.17. The summed E-state index contributed by atoms with van der Waals surface area (Å²) in [5, 5.41) is 8.23. The SMILES string of the molecule is CCCN(C)c1ccc(C=NNC(=S)Nc2cccc(Cl)c2)cc1. The lowest BCUT2D eigenvalue weighted by Crippen LogP contribution is -2.23. The van der Waals surface area contributed by atoms with Gasteiger partial charge in [-0.25, -0.2) is 0 Å². The molecule has 2 rings (SSSR count). The molecule has 4 nitrogen and oxygen atoms in total. The number of halogens is 1. The monoisotopic (exact) mass is 360 g/mol. The summed E-state index contributed by atoms with van der Waals surface area (Å²) >= 11 is 11.1. The van der Waals surface area contributed by atoms with Crippen molar-refractivity contribution in [3.63, 3.8) is 0 Å². The Labute approximate surface area is 153 Å². The van der Waals surface area contributed by atoms with Crippen LogP contribution in [0.2, 0.25) is 5.02 Å². The summed E-state index contributed by atoms with van der Waals surface area (Å²) in [5.74, 6) is 0. The molecule has 0 amide bonds. The Kier molecular flexibility index (Phi) is 7.03. The second-order valence-electron chi connectivity index (χ2n) is 5.35. The molecule has 0 aromatic heterocycles. The number of hydrazone groups is 1. The van der Waals surface area contributed by atoms with E-state index < -0.39 is 0 Å². The molecule has 0 saturated heterocycles. The molecule has 24 heavy (non-hydrogen) atoms. The lowest BCUT2D eigenvalue weighted by Gasteiger charge is -2.18. The van der Waals surface area contributed by atoms with E-state index in [0.717, 1.165) is 24.2 Å². The Bertz CT molecular complexity index is 700. The maximum atomic E-state index is 5.93. The lowest BCUT2D eigenvalue weighted by atomic mass is 10.2. The standard InChI is InChI=1S/C18H21ClN4S/c1-3-11-23(2)17-9-7-14(8-10-17)13-20-22-18(24)21-16-6-4-5-15(19)12-16/h4-10,12-13H,3,11H2,1-2H3,(H2,21,22,24). The number of rotatable bonds is 6. The quantitative estimate of drug-likeness (QED) is 0.452. The van der Waals surface area contributed by atoms with Gasteiger partial charge in [0.25, 0.3) is 0 Å². The van der Waals surface area contributed by atoms with Gasteiger partial charge in [-0.15, -0.1) is 0 Å². The molecular weight excluding hydrogens is 340 g/mol. The van der Waals surface area contributed by atoms with Gasteiger partial charge in [-0.2, -0.15) is 5.10 Å². The molecule has 0 spiro atoms. The zero-order chi connectivity index (χ0) is 17.4. The van der Waals surface area contributed by atoms with Crippen LogP contribution in [0.15, 0.2) is 53.6 Å². The Morgan fingerprint density at radius 3 is 2.67 bits per heavy atom. The number of nitrogens with one attached hydrogen (secondary N) is 2. The predicted molar refractivity (Wildman–Crippen MR) is 108 cm³/mol. The van der Waals surface area contributed by atoms with Crippen LogP contribution >= 0.6 is 23.8 Å². The number of hydrogen-bond donors (Lipinski definition) is 2. The summed E-state index contributed by atoms with van der Waals surface area (Å²) in [7, 11) is 2.09. The van der Waals surface area contributed by atoms with Crippen molar-refractivity contribution < 1.29 is 0 Å². The Morgan fingerprint density at radius 1 is 1.25 bits per heavy atom. The van der Waals surface area contributed by atoms with Crippen molar-refractivity contribution in [3.8, 4) is 0 Å². The third kappa shape index (κ3) is 5.83. The molecule has 0 aliphatic rings. The molecule has 0 radical (unpaired) electrons. The minimum atomic E-state index is 0.410. The van der Waals surface area contributed by atoms with E-state index in [1.165, 1.54) is 5.69 Å². The molecule has 0 bridgehead atoms. The van der Waals surface area contributed by atoms with E-state index in [9.17, 15) is 0 Å². The van der Waals surface area contributed by atoms with Crippen molar-refractivity contribution in [2.24, 2.45) is 5.10 Å². The third-order valence-corrected chi connectivity index (χ3v) is 3.78. The van der Waals surface area contributed by atoms with Gasteiger partial charge in [0.2, 0.25) is 0 Å². The number of hydrogen-bond acceptors (Lipinski definition) is 3. The minimum Gasteiger partial charge on any atom is -0.375 e. The van der Waals surface area contributed by atoms with Crippen molar-refractivity contribution in [3.05, 3.63) is 59.1 Å². The number of nitrogens with zero attached hydrogens (tertiary/aromatic N) is 2. The first-order valence-corrected chi connectivity index (χ1v) is 8.54. The van der Waals surface area contributed by atoms with Crippen molar-refractivity contribution in [2.75, 3.05) is 23.8 Å². The zero-order valence-electron chi connectivity index (χ0n) is 13.8. The topological polar surface area (TPSA) is 39.7 Å². The summed E-state index contributed by atoms with van der Waals surface area (Å²) in [4.78, 5) is 2.23. The zero-order valence-corrected chi connectivity index (χ0v) is 15.4. The van der Waals surface area contributed by atoms with Gasteiger partial charge in [-0.05, 0) is 54.5 Å². The van der Waals surface area contributed by atoms with Crippen LogP contribution in [0.3, 0.4) is 0 Å². The largest absolute Gasteiger partial charge is 0.375 e. The second kappa shape index (κ2) is 9.25. The van der Waals surface area contributed by atoms with Gasteiger partial charge >= 0.3 is 0 Å². The van der Waals surface area contributed by atoms with Crippen LogP contribution in [0.1, 0.15) is 18.9 Å². The average Bonchev–Trinajstić information content (AvgIpc) is 2.55. The van der Waals surface area contributed by atoms with Crippen LogP contribution in [0.4, 0.5) is 11.4 Å². The highest BCUT2D eigenvalue weighted by molar-refractivity contribution is 7.80. The molecule has 0 aliphatic carbocycles. The van der Waals surface area contributed by atoms with E-state index in [4.69, 9.17) is 23.8 Å². The molecule has 2 N–H and O–H groups in total. The Morgan fingerprint density at radius 2 is 2.00 bits per heavy atom. The first-order valence-electron chi connectivity index (χ1n) is 7.75. The van der Waals surface area contributed by atoms with Crippen molar-refractivity contribution in [2.45, 2.75) is 13.3 Å². The van der Waals surface area contributed by atoms with E-state index in [-0.39, 0.29) is 0 Å². The molecule has 2 aromatic carbocycles. The molecule has 0 saturated carbocycles. The van der Waals surface area contributed by atoms with E-state index in [0.29, 0.717) is 10.1 Å². The maximum absolute atomic E-state index is 5.93. The number of benzene rings is 2. The van der Waals surface area contributed by atoms with Crippen LogP contribution in [-0.2, 0) is 0 Å². The first kappa shape index (κ1) is 18.2. The van der Waals surface area contributed by atoms with E-state index in [1.54, 1.807) is 12.3 Å².